The van der Waals surface area contributed by atoms with Crippen LogP contribution in [0.2, 0.25) is 0 Å². The van der Waals surface area contributed by atoms with Crippen LogP contribution in [0.1, 0.15) is 0 Å². The van der Waals surface area contributed by atoms with E-state index >= 15 is 0 Å². The van der Waals surface area contributed by atoms with Gasteiger partial charge in [0.1, 0.15) is 0 Å². The predicted octanol–water partition coefficient (Wildman–Crippen LogP) is -0.483. The SMILES string of the molecule is N.O=S(O)O.O=S(O)O.[Au].[Au].[Au]. The predicted molar refractivity (Wildman–Crippen MR) is 31.8 cm³/mol. The summed E-state index contributed by atoms with van der Waals surface area (Å²) in [5.74, 6) is 0. The standard InChI is InChI=1S/3Au.H3N.2H2O3S/c;;;;2*1-4(2)3/h;;;1H3;2*(H2,1,2,3). The molecule has 0 aromatic heterocycles. The molecule has 3 radical (unpaired) electrons. The van der Waals surface area contributed by atoms with Crippen LogP contribution in [0.4, 0.5) is 0 Å². The van der Waals surface area contributed by atoms with E-state index in [0.717, 1.165) is 0 Å². The molecule has 0 aliphatic carbocycles. The Morgan fingerprint density at radius 2 is 0.667 bits per heavy atom. The van der Waals surface area contributed by atoms with Crippen molar-refractivity contribution >= 4 is 22.7 Å². The molecule has 0 saturated heterocycles. The smallest absolute Gasteiger partial charge is 0.299 e. The van der Waals surface area contributed by atoms with Crippen LogP contribution in [-0.4, -0.2) is 26.6 Å². The van der Waals surface area contributed by atoms with Crippen LogP contribution in [0.25, 0.3) is 0 Å². The van der Waals surface area contributed by atoms with Crippen LogP contribution in [0, 0.1) is 0 Å². The number of hydrogen-bond donors (Lipinski definition) is 5. The molecule has 0 amide bonds. The summed E-state index contributed by atoms with van der Waals surface area (Å²) in [7, 11) is 0. The van der Waals surface area contributed by atoms with E-state index in [-0.39, 0.29) is 73.3 Å². The maximum Gasteiger partial charge on any atom is 0.299 e. The van der Waals surface area contributed by atoms with E-state index in [1.165, 1.54) is 0 Å². The molecule has 0 unspecified atom stereocenters. The van der Waals surface area contributed by atoms with Crippen molar-refractivity contribution in [2.75, 3.05) is 0 Å². The fraction of sp³-hybridized carbons (Fsp3) is 0. The fourth-order valence-corrected chi connectivity index (χ4v) is 0. The van der Waals surface area contributed by atoms with Gasteiger partial charge in [0.2, 0.25) is 0 Å². The molecule has 0 aromatic carbocycles. The molecule has 7 nitrogen and oxygen atoms in total. The normalized spacial score (nSPS) is 5.83. The zero-order valence-corrected chi connectivity index (χ0v) is 13.2. The summed E-state index contributed by atoms with van der Waals surface area (Å²) in [4.78, 5) is 0. The van der Waals surface area contributed by atoms with Gasteiger partial charge in [-0.05, 0) is 0 Å². The molecule has 0 aromatic rings. The average Bonchev–Trinajstić information content (AvgIpc) is 1.25. The molecular weight excluding hydrogens is 765 g/mol. The zero-order valence-electron chi connectivity index (χ0n) is 5.03. The average molecular weight is 772 g/mol. The molecule has 93 valence electrons. The third-order valence-corrected chi connectivity index (χ3v) is 0. The van der Waals surface area contributed by atoms with Crippen LogP contribution in [0.3, 0.4) is 0 Å². The van der Waals surface area contributed by atoms with Gasteiger partial charge < -0.3 is 6.15 Å². The van der Waals surface area contributed by atoms with E-state index in [0.29, 0.717) is 0 Å². The van der Waals surface area contributed by atoms with Crippen LogP contribution in [-0.2, 0) is 89.9 Å². The van der Waals surface area contributed by atoms with Crippen molar-refractivity contribution in [3.8, 4) is 0 Å². The van der Waals surface area contributed by atoms with Gasteiger partial charge in [0.25, 0.3) is 22.7 Å². The van der Waals surface area contributed by atoms with Crippen molar-refractivity contribution in [1.82, 2.24) is 6.15 Å². The molecule has 0 rings (SSSR count). The molecule has 12 heteroatoms. The van der Waals surface area contributed by atoms with E-state index in [2.05, 4.69) is 0 Å². The Labute approximate surface area is 121 Å². The van der Waals surface area contributed by atoms with Gasteiger partial charge in [-0.3, -0.25) is 18.2 Å². The van der Waals surface area contributed by atoms with Crippen molar-refractivity contribution in [1.29, 1.82) is 0 Å². The minimum absolute atomic E-state index is 0. The molecule has 0 atom stereocenters. The van der Waals surface area contributed by atoms with Crippen molar-refractivity contribution in [2.45, 2.75) is 0 Å². The van der Waals surface area contributed by atoms with Gasteiger partial charge in [-0.1, -0.05) is 0 Å². The second kappa shape index (κ2) is 29.2. The number of hydrogen-bond acceptors (Lipinski definition) is 3. The summed E-state index contributed by atoms with van der Waals surface area (Å²) in [6, 6.07) is 0. The summed E-state index contributed by atoms with van der Waals surface area (Å²) in [5, 5.41) is 0. The fourth-order valence-electron chi connectivity index (χ4n) is 0. The Morgan fingerprint density at radius 1 is 0.667 bits per heavy atom. The quantitative estimate of drug-likeness (QED) is 0.165. The van der Waals surface area contributed by atoms with E-state index in [9.17, 15) is 0 Å². The summed E-state index contributed by atoms with van der Waals surface area (Å²) >= 11 is -5.22. The van der Waals surface area contributed by atoms with Gasteiger partial charge >= 0.3 is 0 Å². The summed E-state index contributed by atoms with van der Waals surface area (Å²) in [5.41, 5.74) is 0. The van der Waals surface area contributed by atoms with Gasteiger partial charge in [0.05, 0.1) is 0 Å². The maximum absolute atomic E-state index is 8.67. The number of rotatable bonds is 0. The van der Waals surface area contributed by atoms with Crippen molar-refractivity contribution in [3.05, 3.63) is 0 Å². The van der Waals surface area contributed by atoms with Gasteiger partial charge in [0.15, 0.2) is 0 Å². The first kappa shape index (κ1) is 36.7. The van der Waals surface area contributed by atoms with E-state index < -0.39 is 22.7 Å². The molecule has 0 spiro atoms. The topological polar surface area (TPSA) is 150 Å². The molecule has 0 heterocycles. The van der Waals surface area contributed by atoms with Crippen LogP contribution < -0.4 is 6.15 Å². The van der Waals surface area contributed by atoms with Crippen LogP contribution in [0.5, 0.6) is 0 Å². The first-order valence-electron chi connectivity index (χ1n) is 1.06. The molecule has 0 fully saturated rings. The van der Waals surface area contributed by atoms with Crippen LogP contribution in [0.15, 0.2) is 0 Å². The summed E-state index contributed by atoms with van der Waals surface area (Å²) in [6.07, 6.45) is 0. The molecule has 7 N–H and O–H groups in total. The van der Waals surface area contributed by atoms with Crippen molar-refractivity contribution in [3.63, 3.8) is 0 Å². The Bertz CT molecular complexity index is 78.8. The Hall–Kier alpha value is 2.32. The monoisotopic (exact) mass is 772 g/mol. The Kier molecular flexibility index (Phi) is 89.3. The summed E-state index contributed by atoms with van der Waals surface area (Å²) in [6.45, 7) is 0. The second-order valence-corrected chi connectivity index (χ2v) is 1.38. The maximum atomic E-state index is 8.67. The Morgan fingerprint density at radius 3 is 0.667 bits per heavy atom. The third kappa shape index (κ3) is 293. The van der Waals surface area contributed by atoms with Crippen LogP contribution >= 0.6 is 0 Å². The van der Waals surface area contributed by atoms with Gasteiger partial charge in [-0.2, -0.15) is 8.42 Å². The van der Waals surface area contributed by atoms with Crippen molar-refractivity contribution < 1.29 is 93.8 Å². The largest absolute Gasteiger partial charge is 0.344 e. The molecular formula is H7Au3NO6S2. The minimum Gasteiger partial charge on any atom is -0.344 e. The minimum atomic E-state index is -2.61. The molecule has 0 aliphatic rings. The Balaban J connectivity index is -0.0000000112. The van der Waals surface area contributed by atoms with Gasteiger partial charge in [-0.15, -0.1) is 0 Å². The molecule has 0 aliphatic heterocycles. The second-order valence-electron chi connectivity index (χ2n) is 0.461. The van der Waals surface area contributed by atoms with Gasteiger partial charge in [0, 0.05) is 67.1 Å². The van der Waals surface area contributed by atoms with E-state index in [1.807, 2.05) is 0 Å². The first-order valence-corrected chi connectivity index (χ1v) is 3.19. The van der Waals surface area contributed by atoms with E-state index in [1.54, 1.807) is 0 Å². The van der Waals surface area contributed by atoms with Gasteiger partial charge in [-0.25, -0.2) is 0 Å². The molecule has 0 bridgehead atoms. The molecule has 12 heavy (non-hydrogen) atoms. The van der Waals surface area contributed by atoms with Crippen molar-refractivity contribution in [2.24, 2.45) is 0 Å². The zero-order chi connectivity index (χ0) is 7.15. The first-order chi connectivity index (χ1) is 3.46. The van der Waals surface area contributed by atoms with E-state index in [4.69, 9.17) is 26.6 Å². The molecule has 0 saturated carbocycles. The third-order valence-electron chi connectivity index (χ3n) is 0. The summed E-state index contributed by atoms with van der Waals surface area (Å²) < 4.78 is 45.7.